The number of rotatable bonds is 8. The van der Waals surface area contributed by atoms with E-state index in [1.54, 1.807) is 11.9 Å². The Balaban J connectivity index is 1.68. The number of para-hydroxylation sites is 1. The van der Waals surface area contributed by atoms with Crippen LogP contribution in [0.15, 0.2) is 24.3 Å². The van der Waals surface area contributed by atoms with E-state index in [1.807, 2.05) is 43.1 Å². The van der Waals surface area contributed by atoms with Crippen molar-refractivity contribution < 1.29 is 17.9 Å². The first-order valence-electron chi connectivity index (χ1n) is 8.61. The number of hydrogen-bond donors (Lipinski definition) is 0. The molecule has 0 spiro atoms. The van der Waals surface area contributed by atoms with Gasteiger partial charge in [0, 0.05) is 19.6 Å². The third-order valence-corrected chi connectivity index (χ3v) is 6.34. The van der Waals surface area contributed by atoms with Crippen molar-refractivity contribution in [3.05, 3.63) is 29.8 Å². The van der Waals surface area contributed by atoms with E-state index in [2.05, 4.69) is 0 Å². The minimum absolute atomic E-state index is 0.0376. The molecule has 1 fully saturated rings. The number of sulfone groups is 1. The summed E-state index contributed by atoms with van der Waals surface area (Å²) in [6.07, 6.45) is 1.36. The van der Waals surface area contributed by atoms with Crippen LogP contribution in [-0.2, 0) is 14.6 Å². The first-order chi connectivity index (χ1) is 11.8. The minimum atomic E-state index is -2.97. The Morgan fingerprint density at radius 1 is 1.28 bits per heavy atom. The predicted molar refractivity (Wildman–Crippen MR) is 98.6 cm³/mol. The Bertz CT molecular complexity index is 690. The average molecular weight is 368 g/mol. The number of ether oxygens (including phenoxy) is 1. The average Bonchev–Trinajstić information content (AvgIpc) is 2.92. The minimum Gasteiger partial charge on any atom is -0.493 e. The largest absolute Gasteiger partial charge is 0.493 e. The lowest BCUT2D eigenvalue weighted by molar-refractivity contribution is -0.132. The molecular formula is C18H28N2O4S. The molecule has 1 atom stereocenters. The second-order valence-corrected chi connectivity index (χ2v) is 9.00. The molecule has 7 heteroatoms. The standard InChI is InChI=1S/C18H28N2O4S/c1-15-7-4-5-8-17(15)24-11-6-10-19(2)13-18(21)20(3)16-9-12-25(22,23)14-16/h4-5,7-8,16H,6,9-14H2,1-3H3. The summed E-state index contributed by atoms with van der Waals surface area (Å²) < 4.78 is 28.8. The van der Waals surface area contributed by atoms with Crippen molar-refractivity contribution in [3.8, 4) is 5.75 Å². The molecule has 0 aliphatic carbocycles. The molecule has 1 aliphatic rings. The molecule has 25 heavy (non-hydrogen) atoms. The van der Waals surface area contributed by atoms with E-state index in [1.165, 1.54) is 0 Å². The summed E-state index contributed by atoms with van der Waals surface area (Å²) in [6.45, 7) is 3.64. The third kappa shape index (κ3) is 6.01. The molecule has 1 amide bonds. The van der Waals surface area contributed by atoms with Crippen molar-refractivity contribution in [1.29, 1.82) is 0 Å². The summed E-state index contributed by atoms with van der Waals surface area (Å²) in [5.41, 5.74) is 1.11. The lowest BCUT2D eigenvalue weighted by Crippen LogP contribution is -2.43. The lowest BCUT2D eigenvalue weighted by atomic mass is 10.2. The molecule has 140 valence electrons. The SMILES string of the molecule is Cc1ccccc1OCCCN(C)CC(=O)N(C)C1CCS(=O)(=O)C1. The normalized spacial score (nSPS) is 19.1. The molecule has 2 rings (SSSR count). The van der Waals surface area contributed by atoms with Gasteiger partial charge in [-0.3, -0.25) is 9.69 Å². The third-order valence-electron chi connectivity index (χ3n) is 4.59. The number of carbonyl (C=O) groups excluding carboxylic acids is 1. The first-order valence-corrected chi connectivity index (χ1v) is 10.4. The van der Waals surface area contributed by atoms with Crippen molar-refractivity contribution >= 4 is 15.7 Å². The topological polar surface area (TPSA) is 66.9 Å². The Hall–Kier alpha value is -1.60. The van der Waals surface area contributed by atoms with Crippen LogP contribution in [0.3, 0.4) is 0 Å². The lowest BCUT2D eigenvalue weighted by Gasteiger charge is -2.26. The number of aryl methyl sites for hydroxylation is 1. The smallest absolute Gasteiger partial charge is 0.236 e. The van der Waals surface area contributed by atoms with Crippen molar-refractivity contribution in [1.82, 2.24) is 9.80 Å². The van der Waals surface area contributed by atoms with E-state index >= 15 is 0 Å². The van der Waals surface area contributed by atoms with Gasteiger partial charge in [0.1, 0.15) is 5.75 Å². The Labute approximate surface area is 150 Å². The van der Waals surface area contributed by atoms with Gasteiger partial charge in [0.05, 0.1) is 24.7 Å². The van der Waals surface area contributed by atoms with Crippen molar-refractivity contribution in [2.75, 3.05) is 45.3 Å². The Morgan fingerprint density at radius 2 is 2.00 bits per heavy atom. The zero-order valence-electron chi connectivity index (χ0n) is 15.3. The van der Waals surface area contributed by atoms with Gasteiger partial charge >= 0.3 is 0 Å². The van der Waals surface area contributed by atoms with Crippen molar-refractivity contribution in [2.24, 2.45) is 0 Å². The molecule has 1 heterocycles. The van der Waals surface area contributed by atoms with Crippen LogP contribution in [0.2, 0.25) is 0 Å². The number of hydrogen-bond acceptors (Lipinski definition) is 5. The fourth-order valence-electron chi connectivity index (χ4n) is 2.94. The second-order valence-electron chi connectivity index (χ2n) is 6.77. The van der Waals surface area contributed by atoms with Gasteiger partial charge in [0.2, 0.25) is 5.91 Å². The monoisotopic (exact) mass is 368 g/mol. The summed E-state index contributed by atoms with van der Waals surface area (Å²) in [7, 11) is 0.617. The molecule has 0 bridgehead atoms. The van der Waals surface area contributed by atoms with Gasteiger partial charge in [-0.15, -0.1) is 0 Å². The highest BCUT2D eigenvalue weighted by Crippen LogP contribution is 2.17. The van der Waals surface area contributed by atoms with E-state index in [0.29, 0.717) is 13.0 Å². The first kappa shape index (κ1) is 19.7. The van der Waals surface area contributed by atoms with Crippen LogP contribution in [0.5, 0.6) is 5.75 Å². The molecule has 6 nitrogen and oxygen atoms in total. The van der Waals surface area contributed by atoms with E-state index in [-0.39, 0.29) is 30.0 Å². The van der Waals surface area contributed by atoms with E-state index in [9.17, 15) is 13.2 Å². The van der Waals surface area contributed by atoms with Crippen LogP contribution in [0.4, 0.5) is 0 Å². The highest BCUT2D eigenvalue weighted by molar-refractivity contribution is 7.91. The number of benzene rings is 1. The number of likely N-dealkylation sites (N-methyl/N-ethyl adjacent to an activating group) is 2. The summed E-state index contributed by atoms with van der Waals surface area (Å²) in [4.78, 5) is 15.8. The molecule has 1 saturated heterocycles. The van der Waals surface area contributed by atoms with Gasteiger partial charge in [0.15, 0.2) is 9.84 Å². The molecular weight excluding hydrogens is 340 g/mol. The Morgan fingerprint density at radius 3 is 2.64 bits per heavy atom. The molecule has 0 saturated carbocycles. The van der Waals surface area contributed by atoms with Crippen LogP contribution in [-0.4, -0.2) is 75.5 Å². The summed E-state index contributed by atoms with van der Waals surface area (Å²) in [5, 5.41) is 0. The number of amides is 1. The molecule has 1 aromatic carbocycles. The summed E-state index contributed by atoms with van der Waals surface area (Å²) >= 11 is 0. The molecule has 1 aliphatic heterocycles. The van der Waals surface area contributed by atoms with Crippen LogP contribution in [0.25, 0.3) is 0 Å². The summed E-state index contributed by atoms with van der Waals surface area (Å²) in [6, 6.07) is 7.71. The van der Waals surface area contributed by atoms with Gasteiger partial charge in [-0.2, -0.15) is 0 Å². The van der Waals surface area contributed by atoms with Crippen molar-refractivity contribution in [2.45, 2.75) is 25.8 Å². The fraction of sp³-hybridized carbons (Fsp3) is 0.611. The quantitative estimate of drug-likeness (QED) is 0.648. The maximum atomic E-state index is 12.3. The highest BCUT2D eigenvalue weighted by Gasteiger charge is 2.32. The maximum absolute atomic E-state index is 12.3. The fourth-order valence-corrected chi connectivity index (χ4v) is 4.72. The Kier molecular flexibility index (Phi) is 6.84. The van der Waals surface area contributed by atoms with Crippen molar-refractivity contribution in [3.63, 3.8) is 0 Å². The van der Waals surface area contributed by atoms with Crippen LogP contribution >= 0.6 is 0 Å². The maximum Gasteiger partial charge on any atom is 0.236 e. The summed E-state index contributed by atoms with van der Waals surface area (Å²) in [5.74, 6) is 1.12. The zero-order chi connectivity index (χ0) is 18.4. The number of nitrogens with zero attached hydrogens (tertiary/aromatic N) is 2. The molecule has 0 N–H and O–H groups in total. The van der Waals surface area contributed by atoms with Gasteiger partial charge in [-0.1, -0.05) is 18.2 Å². The van der Waals surface area contributed by atoms with Gasteiger partial charge < -0.3 is 9.64 Å². The molecule has 0 aromatic heterocycles. The zero-order valence-corrected chi connectivity index (χ0v) is 16.1. The molecule has 1 unspecified atom stereocenters. The van der Waals surface area contributed by atoms with E-state index in [4.69, 9.17) is 4.74 Å². The van der Waals surface area contributed by atoms with Crippen LogP contribution in [0.1, 0.15) is 18.4 Å². The van der Waals surface area contributed by atoms with Crippen LogP contribution < -0.4 is 4.74 Å². The second kappa shape index (κ2) is 8.67. The van der Waals surface area contributed by atoms with E-state index < -0.39 is 9.84 Å². The van der Waals surface area contributed by atoms with Gasteiger partial charge in [-0.25, -0.2) is 8.42 Å². The van der Waals surface area contributed by atoms with E-state index in [0.717, 1.165) is 24.3 Å². The predicted octanol–water partition coefficient (Wildman–Crippen LogP) is 1.34. The highest BCUT2D eigenvalue weighted by atomic mass is 32.2. The number of carbonyl (C=O) groups is 1. The van der Waals surface area contributed by atoms with Crippen LogP contribution in [0, 0.1) is 6.92 Å². The molecule has 0 radical (unpaired) electrons. The molecule has 1 aromatic rings. The van der Waals surface area contributed by atoms with Gasteiger partial charge in [0.25, 0.3) is 0 Å². The van der Waals surface area contributed by atoms with Gasteiger partial charge in [-0.05, 0) is 38.4 Å².